The van der Waals surface area contributed by atoms with Crippen LogP contribution in [0, 0.1) is 5.92 Å². The minimum atomic E-state index is -0.341. The molecule has 0 atom stereocenters. The highest BCUT2D eigenvalue weighted by Gasteiger charge is 2.15. The molecule has 0 unspecified atom stereocenters. The van der Waals surface area contributed by atoms with Gasteiger partial charge in [0.2, 0.25) is 0 Å². The Morgan fingerprint density at radius 1 is 1.29 bits per heavy atom. The summed E-state index contributed by atoms with van der Waals surface area (Å²) in [4.78, 5) is 11.0. The maximum atomic E-state index is 11.0. The Labute approximate surface area is 85.3 Å². The number of hydrogen-bond acceptors (Lipinski definition) is 3. The van der Waals surface area contributed by atoms with Crippen LogP contribution < -0.4 is 5.73 Å². The largest absolute Gasteiger partial charge is 0.466 e. The highest BCUT2D eigenvalue weighted by atomic mass is 16.5. The number of allylic oxidation sites excluding steroid dienone is 1. The van der Waals surface area contributed by atoms with Crippen molar-refractivity contribution in [3.8, 4) is 0 Å². The molecule has 0 aromatic carbocycles. The third-order valence-electron chi connectivity index (χ3n) is 2.81. The zero-order valence-corrected chi connectivity index (χ0v) is 8.79. The summed E-state index contributed by atoms with van der Waals surface area (Å²) in [6, 6.07) is 0. The van der Waals surface area contributed by atoms with Crippen LogP contribution >= 0.6 is 0 Å². The minimum Gasteiger partial charge on any atom is -0.466 e. The van der Waals surface area contributed by atoms with Crippen molar-refractivity contribution in [2.45, 2.75) is 38.5 Å². The number of carbonyl (C=O) groups is 1. The van der Waals surface area contributed by atoms with E-state index in [9.17, 15) is 4.79 Å². The van der Waals surface area contributed by atoms with E-state index in [-0.39, 0.29) is 5.97 Å². The van der Waals surface area contributed by atoms with Gasteiger partial charge in [-0.3, -0.25) is 0 Å². The highest BCUT2D eigenvalue weighted by Crippen LogP contribution is 2.26. The number of ether oxygens (including phenoxy) is 1. The van der Waals surface area contributed by atoms with E-state index in [4.69, 9.17) is 5.73 Å². The van der Waals surface area contributed by atoms with Crippen LogP contribution in [0.3, 0.4) is 0 Å². The maximum Gasteiger partial charge on any atom is 0.332 e. The van der Waals surface area contributed by atoms with E-state index in [1.807, 2.05) is 0 Å². The summed E-state index contributed by atoms with van der Waals surface area (Å²) in [7, 11) is 1.37. The number of carbonyl (C=O) groups excluding carboxylic acids is 1. The van der Waals surface area contributed by atoms with Crippen molar-refractivity contribution in [1.82, 2.24) is 0 Å². The molecule has 1 rings (SSSR count). The standard InChI is InChI=1S/C11H19NO2/c1-14-11(13)8-10(12)9-6-4-2-3-5-7-9/h8-9H,2-7,12H2,1H3. The summed E-state index contributed by atoms with van der Waals surface area (Å²) >= 11 is 0. The van der Waals surface area contributed by atoms with Gasteiger partial charge in [-0.15, -0.1) is 0 Å². The van der Waals surface area contributed by atoms with Crippen molar-refractivity contribution in [3.05, 3.63) is 11.8 Å². The molecule has 1 fully saturated rings. The van der Waals surface area contributed by atoms with Gasteiger partial charge in [0.05, 0.1) is 7.11 Å². The van der Waals surface area contributed by atoms with E-state index in [1.165, 1.54) is 38.9 Å². The highest BCUT2D eigenvalue weighted by molar-refractivity contribution is 5.82. The van der Waals surface area contributed by atoms with Gasteiger partial charge in [0.1, 0.15) is 0 Å². The molecule has 80 valence electrons. The van der Waals surface area contributed by atoms with E-state index in [0.29, 0.717) is 11.6 Å². The zero-order valence-electron chi connectivity index (χ0n) is 8.79. The van der Waals surface area contributed by atoms with E-state index in [0.717, 1.165) is 12.8 Å². The normalized spacial score (nSPS) is 20.2. The molecular weight excluding hydrogens is 178 g/mol. The summed E-state index contributed by atoms with van der Waals surface area (Å²) in [5, 5.41) is 0. The maximum absolute atomic E-state index is 11.0. The molecule has 1 saturated carbocycles. The van der Waals surface area contributed by atoms with Crippen LogP contribution in [0.15, 0.2) is 11.8 Å². The third-order valence-corrected chi connectivity index (χ3v) is 2.81. The Kier molecular flexibility index (Phi) is 4.50. The fourth-order valence-corrected chi connectivity index (χ4v) is 1.93. The number of hydrogen-bond donors (Lipinski definition) is 1. The summed E-state index contributed by atoms with van der Waals surface area (Å²) in [5.74, 6) is 0.0448. The lowest BCUT2D eigenvalue weighted by Gasteiger charge is -2.13. The van der Waals surface area contributed by atoms with Gasteiger partial charge >= 0.3 is 5.97 Å². The molecule has 3 nitrogen and oxygen atoms in total. The van der Waals surface area contributed by atoms with Crippen molar-refractivity contribution < 1.29 is 9.53 Å². The van der Waals surface area contributed by atoms with Gasteiger partial charge < -0.3 is 10.5 Å². The summed E-state index contributed by atoms with van der Waals surface area (Å²) in [6.45, 7) is 0. The first-order valence-electron chi connectivity index (χ1n) is 5.29. The van der Waals surface area contributed by atoms with Crippen LogP contribution in [-0.2, 0) is 9.53 Å². The lowest BCUT2D eigenvalue weighted by molar-refractivity contribution is -0.134. The summed E-state index contributed by atoms with van der Waals surface area (Å²) < 4.78 is 4.55. The molecule has 0 aromatic heterocycles. The number of methoxy groups -OCH3 is 1. The van der Waals surface area contributed by atoms with Crippen molar-refractivity contribution in [1.29, 1.82) is 0 Å². The number of nitrogens with two attached hydrogens (primary N) is 1. The second kappa shape index (κ2) is 5.68. The van der Waals surface area contributed by atoms with Crippen LogP contribution in [-0.4, -0.2) is 13.1 Å². The molecule has 0 aliphatic heterocycles. The zero-order chi connectivity index (χ0) is 10.4. The predicted octanol–water partition coefficient (Wildman–Crippen LogP) is 1.97. The molecule has 0 bridgehead atoms. The minimum absolute atomic E-state index is 0.341. The average Bonchev–Trinajstić information content (AvgIpc) is 2.45. The van der Waals surface area contributed by atoms with Crippen molar-refractivity contribution in [2.75, 3.05) is 7.11 Å². The Bertz CT molecular complexity index is 215. The monoisotopic (exact) mass is 197 g/mol. The number of esters is 1. The van der Waals surface area contributed by atoms with Gasteiger partial charge in [0.25, 0.3) is 0 Å². The first-order valence-corrected chi connectivity index (χ1v) is 5.29. The quantitative estimate of drug-likeness (QED) is 0.418. The van der Waals surface area contributed by atoms with Crippen molar-refractivity contribution >= 4 is 5.97 Å². The molecule has 0 aromatic rings. The summed E-state index contributed by atoms with van der Waals surface area (Å²) in [5.41, 5.74) is 6.55. The molecule has 0 heterocycles. The Morgan fingerprint density at radius 3 is 2.36 bits per heavy atom. The van der Waals surface area contributed by atoms with Crippen LogP contribution in [0.1, 0.15) is 38.5 Å². The lowest BCUT2D eigenvalue weighted by Crippen LogP contribution is -2.13. The molecule has 3 heteroatoms. The Morgan fingerprint density at radius 2 is 1.86 bits per heavy atom. The predicted molar refractivity (Wildman–Crippen MR) is 55.5 cm³/mol. The molecular formula is C11H19NO2. The third kappa shape index (κ3) is 3.40. The molecule has 14 heavy (non-hydrogen) atoms. The fraction of sp³-hybridized carbons (Fsp3) is 0.727. The van der Waals surface area contributed by atoms with Crippen molar-refractivity contribution in [3.63, 3.8) is 0 Å². The molecule has 0 spiro atoms. The van der Waals surface area contributed by atoms with Crippen LogP contribution in [0.25, 0.3) is 0 Å². The van der Waals surface area contributed by atoms with Gasteiger partial charge in [-0.05, 0) is 18.8 Å². The molecule has 0 radical (unpaired) electrons. The first-order chi connectivity index (χ1) is 6.74. The second-order valence-corrected chi connectivity index (χ2v) is 3.86. The van der Waals surface area contributed by atoms with E-state index >= 15 is 0 Å². The molecule has 1 aliphatic carbocycles. The van der Waals surface area contributed by atoms with Gasteiger partial charge in [-0.2, -0.15) is 0 Å². The SMILES string of the molecule is COC(=O)C=C(N)C1CCCCCC1. The van der Waals surface area contributed by atoms with Gasteiger partial charge in [0, 0.05) is 11.8 Å². The fourth-order valence-electron chi connectivity index (χ4n) is 1.93. The van der Waals surface area contributed by atoms with Gasteiger partial charge in [-0.25, -0.2) is 4.79 Å². The van der Waals surface area contributed by atoms with E-state index < -0.39 is 0 Å². The Balaban J connectivity index is 2.52. The smallest absolute Gasteiger partial charge is 0.332 e. The number of rotatable bonds is 2. The molecule has 1 aliphatic rings. The lowest BCUT2D eigenvalue weighted by atomic mass is 9.96. The van der Waals surface area contributed by atoms with E-state index in [1.54, 1.807) is 0 Å². The summed E-state index contributed by atoms with van der Waals surface area (Å²) in [6.07, 6.45) is 8.68. The van der Waals surface area contributed by atoms with Crippen LogP contribution in [0.5, 0.6) is 0 Å². The van der Waals surface area contributed by atoms with E-state index in [2.05, 4.69) is 4.74 Å². The van der Waals surface area contributed by atoms with Crippen LogP contribution in [0.4, 0.5) is 0 Å². The van der Waals surface area contributed by atoms with Crippen LogP contribution in [0.2, 0.25) is 0 Å². The van der Waals surface area contributed by atoms with Gasteiger partial charge in [0.15, 0.2) is 0 Å². The first kappa shape index (κ1) is 11.1. The second-order valence-electron chi connectivity index (χ2n) is 3.86. The Hall–Kier alpha value is -0.990. The molecule has 0 amide bonds. The van der Waals surface area contributed by atoms with Crippen molar-refractivity contribution in [2.24, 2.45) is 11.7 Å². The molecule has 0 saturated heterocycles. The molecule has 2 N–H and O–H groups in total. The average molecular weight is 197 g/mol. The topological polar surface area (TPSA) is 52.3 Å². The van der Waals surface area contributed by atoms with Gasteiger partial charge in [-0.1, -0.05) is 25.7 Å².